The van der Waals surface area contributed by atoms with E-state index in [-0.39, 0.29) is 15.9 Å². The molecule has 1 aliphatic rings. The fourth-order valence-electron chi connectivity index (χ4n) is 1.67. The van der Waals surface area contributed by atoms with Gasteiger partial charge in [0.25, 0.3) is 0 Å². The number of hydrogen-bond acceptors (Lipinski definition) is 6. The van der Waals surface area contributed by atoms with Crippen LogP contribution in [0.5, 0.6) is 5.06 Å². The fraction of sp³-hybridized carbons (Fsp3) is 0. The summed E-state index contributed by atoms with van der Waals surface area (Å²) in [7, 11) is 0. The highest BCUT2D eigenvalue weighted by molar-refractivity contribution is 8.16. The summed E-state index contributed by atoms with van der Waals surface area (Å²) in [5.41, 5.74) is 6.71. The van der Waals surface area contributed by atoms with Crippen LogP contribution in [-0.2, 0) is 4.79 Å². The molecule has 2 heterocycles. The van der Waals surface area contributed by atoms with Gasteiger partial charge >= 0.3 is 0 Å². The topological polar surface area (TPSA) is 87.2 Å². The van der Waals surface area contributed by atoms with Gasteiger partial charge in [-0.3, -0.25) is 10.2 Å². The van der Waals surface area contributed by atoms with Gasteiger partial charge in [-0.05, 0) is 23.9 Å². The summed E-state index contributed by atoms with van der Waals surface area (Å²) in [6.45, 7) is 0. The van der Waals surface area contributed by atoms with Gasteiger partial charge in [-0.1, -0.05) is 11.3 Å². The summed E-state index contributed by atoms with van der Waals surface area (Å²) in [5.74, 6) is 0. The molecule has 1 aliphatic heterocycles. The van der Waals surface area contributed by atoms with E-state index in [1.54, 1.807) is 12.1 Å². The number of nitrogen functional groups attached to an aromatic ring is 1. The van der Waals surface area contributed by atoms with Crippen molar-refractivity contribution in [1.82, 2.24) is 0 Å². The van der Waals surface area contributed by atoms with E-state index in [9.17, 15) is 9.90 Å². The first kappa shape index (κ1) is 9.68. The Bertz CT molecular complexity index is 660. The largest absolute Gasteiger partial charge is 0.498 e. The first-order valence-electron chi connectivity index (χ1n) is 4.44. The predicted octanol–water partition coefficient (Wildman–Crippen LogP) is 2.19. The first-order valence-corrected chi connectivity index (χ1v) is 6.07. The van der Waals surface area contributed by atoms with Crippen LogP contribution in [0.2, 0.25) is 0 Å². The third-order valence-corrected chi connectivity index (χ3v) is 4.40. The van der Waals surface area contributed by atoms with Crippen molar-refractivity contribution in [3.8, 4) is 5.06 Å². The van der Waals surface area contributed by atoms with E-state index >= 15 is 0 Å². The lowest BCUT2D eigenvalue weighted by molar-refractivity contribution is -0.105. The summed E-state index contributed by atoms with van der Waals surface area (Å²) in [4.78, 5) is 12.1. The van der Waals surface area contributed by atoms with Crippen molar-refractivity contribution >= 4 is 49.7 Å². The maximum absolute atomic E-state index is 11.3. The number of aromatic hydroxyl groups is 1. The Hall–Kier alpha value is -1.53. The average molecular weight is 250 g/mol. The van der Waals surface area contributed by atoms with Crippen LogP contribution in [0.15, 0.2) is 17.0 Å². The van der Waals surface area contributed by atoms with Gasteiger partial charge in [0.2, 0.25) is 5.12 Å². The van der Waals surface area contributed by atoms with Gasteiger partial charge in [0.15, 0.2) is 5.06 Å². The van der Waals surface area contributed by atoms with E-state index in [1.807, 2.05) is 0 Å². The number of hydrogen-bond donors (Lipinski definition) is 3. The van der Waals surface area contributed by atoms with Crippen LogP contribution in [0.3, 0.4) is 0 Å². The molecule has 0 saturated heterocycles. The molecule has 0 aliphatic carbocycles. The molecule has 4 nitrogen and oxygen atoms in total. The molecule has 0 radical (unpaired) electrons. The molecule has 0 saturated carbocycles. The molecule has 16 heavy (non-hydrogen) atoms. The Morgan fingerprint density at radius 3 is 2.88 bits per heavy atom. The van der Waals surface area contributed by atoms with Crippen LogP contribution in [0.1, 0.15) is 5.56 Å². The van der Waals surface area contributed by atoms with Crippen molar-refractivity contribution in [3.05, 3.63) is 17.7 Å². The second-order valence-electron chi connectivity index (χ2n) is 3.43. The lowest BCUT2D eigenvalue weighted by atomic mass is 10.1. The van der Waals surface area contributed by atoms with E-state index in [2.05, 4.69) is 0 Å². The van der Waals surface area contributed by atoms with Crippen LogP contribution in [0, 0.1) is 5.41 Å². The number of anilines is 1. The van der Waals surface area contributed by atoms with Gasteiger partial charge < -0.3 is 10.8 Å². The average Bonchev–Trinajstić information content (AvgIpc) is 2.67. The molecule has 0 fully saturated rings. The van der Waals surface area contributed by atoms with E-state index in [4.69, 9.17) is 11.1 Å². The van der Waals surface area contributed by atoms with Crippen molar-refractivity contribution in [3.63, 3.8) is 0 Å². The van der Waals surface area contributed by atoms with Crippen molar-refractivity contribution in [2.75, 3.05) is 5.73 Å². The SMILES string of the molecule is N=C1C(=O)Sc2cc3c(N)c(O)sc3cc21. The van der Waals surface area contributed by atoms with Crippen LogP contribution in [-0.4, -0.2) is 15.9 Å². The van der Waals surface area contributed by atoms with Crippen LogP contribution in [0.25, 0.3) is 10.1 Å². The minimum absolute atomic E-state index is 0.0216. The number of rotatable bonds is 0. The van der Waals surface area contributed by atoms with Crippen LogP contribution >= 0.6 is 23.1 Å². The highest BCUT2D eigenvalue weighted by Crippen LogP contribution is 2.44. The number of benzene rings is 1. The van der Waals surface area contributed by atoms with Gasteiger partial charge in [-0.25, -0.2) is 0 Å². The predicted molar refractivity (Wildman–Crippen MR) is 65.6 cm³/mol. The highest BCUT2D eigenvalue weighted by atomic mass is 32.2. The number of fused-ring (bicyclic) bond motifs is 2. The molecule has 1 aromatic heterocycles. The molecule has 6 heteroatoms. The molecule has 0 spiro atoms. The zero-order valence-electron chi connectivity index (χ0n) is 7.90. The zero-order chi connectivity index (χ0) is 11.4. The molecule has 0 unspecified atom stereocenters. The highest BCUT2D eigenvalue weighted by Gasteiger charge is 2.27. The summed E-state index contributed by atoms with van der Waals surface area (Å²) in [6, 6.07) is 3.51. The number of nitrogens with one attached hydrogen (secondary N) is 1. The molecule has 80 valence electrons. The molecule has 0 bridgehead atoms. The number of thioether (sulfide) groups is 1. The van der Waals surface area contributed by atoms with E-state index in [1.165, 1.54) is 0 Å². The Balaban J connectivity index is 2.37. The number of nitrogens with two attached hydrogens (primary N) is 1. The Labute approximate surface area is 98.6 Å². The summed E-state index contributed by atoms with van der Waals surface area (Å²) in [5, 5.41) is 17.7. The van der Waals surface area contributed by atoms with Crippen molar-refractivity contribution < 1.29 is 9.90 Å². The summed E-state index contributed by atoms with van der Waals surface area (Å²) in [6.07, 6.45) is 0. The Kier molecular flexibility index (Phi) is 1.81. The van der Waals surface area contributed by atoms with E-state index in [0.29, 0.717) is 11.3 Å². The normalized spacial score (nSPS) is 14.8. The van der Waals surface area contributed by atoms with E-state index < -0.39 is 0 Å². The van der Waals surface area contributed by atoms with Crippen LogP contribution in [0.4, 0.5) is 5.69 Å². The van der Waals surface area contributed by atoms with Gasteiger partial charge in [0, 0.05) is 20.5 Å². The molecule has 0 atom stereocenters. The van der Waals surface area contributed by atoms with Gasteiger partial charge in [0.05, 0.1) is 5.69 Å². The summed E-state index contributed by atoms with van der Waals surface area (Å²) >= 11 is 2.20. The molecular formula is C10H6N2O2S2. The second-order valence-corrected chi connectivity index (χ2v) is 5.48. The maximum Gasteiger partial charge on any atom is 0.242 e. The molecule has 4 N–H and O–H groups in total. The maximum atomic E-state index is 11.3. The molecule has 0 amide bonds. The zero-order valence-corrected chi connectivity index (χ0v) is 9.54. The monoisotopic (exact) mass is 250 g/mol. The Morgan fingerprint density at radius 2 is 2.12 bits per heavy atom. The van der Waals surface area contributed by atoms with Crippen molar-refractivity contribution in [2.45, 2.75) is 4.90 Å². The van der Waals surface area contributed by atoms with Gasteiger partial charge in [0.1, 0.15) is 5.71 Å². The smallest absolute Gasteiger partial charge is 0.242 e. The van der Waals surface area contributed by atoms with Crippen molar-refractivity contribution in [2.24, 2.45) is 0 Å². The minimum atomic E-state index is -0.240. The fourth-order valence-corrected chi connectivity index (χ4v) is 3.41. The minimum Gasteiger partial charge on any atom is -0.498 e. The van der Waals surface area contributed by atoms with Gasteiger partial charge in [-0.2, -0.15) is 0 Å². The Morgan fingerprint density at radius 1 is 1.38 bits per heavy atom. The van der Waals surface area contributed by atoms with E-state index in [0.717, 1.165) is 38.1 Å². The lowest BCUT2D eigenvalue weighted by Gasteiger charge is -1.97. The number of carbonyl (C=O) groups is 1. The first-order chi connectivity index (χ1) is 7.58. The third-order valence-electron chi connectivity index (χ3n) is 2.49. The van der Waals surface area contributed by atoms with Gasteiger partial charge in [-0.15, -0.1) is 0 Å². The standard InChI is InChI=1S/C10H6N2O2S2/c11-7-3-1-5-4(8(12)10(14)15-5)2-6(3)16-9(7)13/h1-2,11,14H,12H2. The van der Waals surface area contributed by atoms with Crippen molar-refractivity contribution in [1.29, 1.82) is 5.41 Å². The van der Waals surface area contributed by atoms with Crippen LogP contribution < -0.4 is 5.73 Å². The molecule has 2 aromatic rings. The number of carbonyl (C=O) groups excluding carboxylic acids is 1. The molecular weight excluding hydrogens is 244 g/mol. The quantitative estimate of drug-likeness (QED) is 0.668. The molecule has 3 rings (SSSR count). The third kappa shape index (κ3) is 1.11. The molecule has 1 aromatic carbocycles. The second kappa shape index (κ2) is 2.99. The summed E-state index contributed by atoms with van der Waals surface area (Å²) < 4.78 is 0.800. The number of thiophene rings is 1. The lowest BCUT2D eigenvalue weighted by Crippen LogP contribution is -2.01.